The van der Waals surface area contributed by atoms with Crippen molar-refractivity contribution in [2.45, 2.75) is 83.8 Å². The summed E-state index contributed by atoms with van der Waals surface area (Å²) in [6.07, 6.45) is 9.48. The van der Waals surface area contributed by atoms with Crippen LogP contribution in [0.15, 0.2) is 54.7 Å². The summed E-state index contributed by atoms with van der Waals surface area (Å²) in [4.78, 5) is 19.9. The molecule has 1 saturated carbocycles. The van der Waals surface area contributed by atoms with Crippen molar-refractivity contribution in [2.24, 2.45) is 0 Å². The molecular weight excluding hydrogens is 490 g/mol. The van der Waals surface area contributed by atoms with E-state index in [2.05, 4.69) is 64.1 Å². The van der Waals surface area contributed by atoms with Crippen molar-refractivity contribution >= 4 is 28.9 Å². The summed E-state index contributed by atoms with van der Waals surface area (Å²) in [6, 6.07) is 16.8. The first-order valence-electron chi connectivity index (χ1n) is 14.0. The third kappa shape index (κ3) is 5.35. The van der Waals surface area contributed by atoms with E-state index < -0.39 is 0 Å². The van der Waals surface area contributed by atoms with Crippen molar-refractivity contribution in [1.29, 1.82) is 0 Å². The molecule has 200 valence electrons. The number of aryl methyl sites for hydroxylation is 2. The van der Waals surface area contributed by atoms with E-state index in [-0.39, 0.29) is 18.0 Å². The molecule has 38 heavy (non-hydrogen) atoms. The van der Waals surface area contributed by atoms with Crippen molar-refractivity contribution in [3.8, 4) is 0 Å². The molecule has 0 spiro atoms. The van der Waals surface area contributed by atoms with E-state index in [1.165, 1.54) is 49.1 Å². The molecule has 0 unspecified atom stereocenters. The molecule has 1 aromatic carbocycles. The van der Waals surface area contributed by atoms with Gasteiger partial charge < -0.3 is 20.1 Å². The lowest BCUT2D eigenvalue weighted by molar-refractivity contribution is -0.116. The molecule has 3 aromatic rings. The van der Waals surface area contributed by atoms with Gasteiger partial charge in [-0.3, -0.25) is 9.78 Å². The van der Waals surface area contributed by atoms with Gasteiger partial charge in [0.15, 0.2) is 5.11 Å². The molecule has 2 atom stereocenters. The third-order valence-electron chi connectivity index (χ3n) is 8.23. The first-order valence-corrected chi connectivity index (χ1v) is 14.4. The summed E-state index contributed by atoms with van der Waals surface area (Å²) >= 11 is 5.87. The van der Waals surface area contributed by atoms with Crippen LogP contribution in [-0.2, 0) is 11.2 Å². The summed E-state index contributed by atoms with van der Waals surface area (Å²) in [6.45, 7) is 7.11. The van der Waals surface area contributed by atoms with Gasteiger partial charge >= 0.3 is 0 Å². The van der Waals surface area contributed by atoms with Gasteiger partial charge in [-0.15, -0.1) is 0 Å². The maximum absolute atomic E-state index is 13.1. The number of carbonyl (C=O) groups is 1. The Morgan fingerprint density at radius 2 is 1.87 bits per heavy atom. The number of pyridine rings is 1. The molecule has 1 aliphatic carbocycles. The van der Waals surface area contributed by atoms with E-state index in [0.717, 1.165) is 23.4 Å². The normalized spacial score (nSPS) is 20.0. The van der Waals surface area contributed by atoms with Gasteiger partial charge in [0.2, 0.25) is 5.91 Å². The second-order valence-corrected chi connectivity index (χ2v) is 11.0. The quantitative estimate of drug-likeness (QED) is 0.323. The fraction of sp³-hybridized carbons (Fsp3) is 0.452. The lowest BCUT2D eigenvalue weighted by atomic mass is 9.94. The Morgan fingerprint density at radius 3 is 2.61 bits per heavy atom. The standard InChI is InChI=1S/C31H39N5OS/c1-4-23-12-8-9-15-26(23)33-28(37)17-19-35-30(29(34-31(35)38)27-16-10-11-18-32-27)25-20-21(2)36(22(25)3)24-13-6-5-7-14-24/h8-12,15-16,18,20,24,29-30H,4-7,13-14,17,19H2,1-3H3,(H,33,37)(H,34,38)/t29-,30-/m1/s1. The molecule has 2 aliphatic rings. The van der Waals surface area contributed by atoms with Crippen LogP contribution in [0.1, 0.15) is 91.8 Å². The number of para-hydroxylation sites is 1. The molecule has 2 N–H and O–H groups in total. The van der Waals surface area contributed by atoms with Gasteiger partial charge in [-0.05, 0) is 80.7 Å². The molecule has 6 nitrogen and oxygen atoms in total. The summed E-state index contributed by atoms with van der Waals surface area (Å²) < 4.78 is 2.55. The average Bonchev–Trinajstić information content (AvgIpc) is 3.42. The zero-order chi connectivity index (χ0) is 26.6. The Bertz CT molecular complexity index is 1280. The first kappa shape index (κ1) is 26.4. The van der Waals surface area contributed by atoms with E-state index >= 15 is 0 Å². The fourth-order valence-corrected chi connectivity index (χ4v) is 6.71. The highest BCUT2D eigenvalue weighted by atomic mass is 32.1. The third-order valence-corrected chi connectivity index (χ3v) is 8.58. The zero-order valence-corrected chi connectivity index (χ0v) is 23.6. The van der Waals surface area contributed by atoms with Gasteiger partial charge in [-0.1, -0.05) is 50.5 Å². The Labute approximate surface area is 231 Å². The minimum atomic E-state index is -0.0760. The van der Waals surface area contributed by atoms with Crippen molar-refractivity contribution in [2.75, 3.05) is 11.9 Å². The molecule has 5 rings (SSSR count). The number of carbonyl (C=O) groups excluding carboxylic acids is 1. The van der Waals surface area contributed by atoms with Crippen LogP contribution in [-0.4, -0.2) is 32.0 Å². The second kappa shape index (κ2) is 11.7. The van der Waals surface area contributed by atoms with Gasteiger partial charge in [-0.25, -0.2) is 0 Å². The van der Waals surface area contributed by atoms with E-state index in [1.54, 1.807) is 0 Å². The predicted octanol–water partition coefficient (Wildman–Crippen LogP) is 6.57. The molecule has 1 saturated heterocycles. The van der Waals surface area contributed by atoms with E-state index in [1.807, 2.05) is 36.5 Å². The number of thiocarbonyl (C=S) groups is 1. The van der Waals surface area contributed by atoms with Crippen LogP contribution in [0.25, 0.3) is 0 Å². The monoisotopic (exact) mass is 529 g/mol. The molecule has 1 amide bonds. The van der Waals surface area contributed by atoms with Gasteiger partial charge in [0.1, 0.15) is 0 Å². The minimum absolute atomic E-state index is 0.00131. The average molecular weight is 530 g/mol. The maximum atomic E-state index is 13.1. The van der Waals surface area contributed by atoms with Crippen molar-refractivity contribution in [1.82, 2.24) is 19.8 Å². The Kier molecular flexibility index (Phi) is 8.12. The Morgan fingerprint density at radius 1 is 1.11 bits per heavy atom. The zero-order valence-electron chi connectivity index (χ0n) is 22.7. The molecule has 0 bridgehead atoms. The van der Waals surface area contributed by atoms with Crippen molar-refractivity contribution < 1.29 is 4.79 Å². The summed E-state index contributed by atoms with van der Waals surface area (Å²) in [5.41, 5.74) is 6.87. The van der Waals surface area contributed by atoms with Crippen LogP contribution in [0, 0.1) is 13.8 Å². The minimum Gasteiger partial charge on any atom is -0.352 e. The molecule has 7 heteroatoms. The van der Waals surface area contributed by atoms with Crippen molar-refractivity contribution in [3.63, 3.8) is 0 Å². The number of amides is 1. The lowest BCUT2D eigenvalue weighted by Gasteiger charge is -2.29. The second-order valence-electron chi connectivity index (χ2n) is 10.6. The van der Waals surface area contributed by atoms with Gasteiger partial charge in [-0.2, -0.15) is 0 Å². The number of nitrogens with zero attached hydrogens (tertiary/aromatic N) is 3. The van der Waals surface area contributed by atoms with Crippen LogP contribution < -0.4 is 10.6 Å². The van der Waals surface area contributed by atoms with E-state index in [9.17, 15) is 4.79 Å². The largest absolute Gasteiger partial charge is 0.352 e. The topological polar surface area (TPSA) is 62.2 Å². The highest BCUT2D eigenvalue weighted by Crippen LogP contribution is 2.42. The predicted molar refractivity (Wildman–Crippen MR) is 157 cm³/mol. The smallest absolute Gasteiger partial charge is 0.226 e. The number of anilines is 1. The SMILES string of the molecule is CCc1ccccc1NC(=O)CCN1C(=S)N[C@H](c2ccccn2)[C@H]1c1cc(C)n(C2CCCCC2)c1C. The van der Waals surface area contributed by atoms with Gasteiger partial charge in [0.25, 0.3) is 0 Å². The van der Waals surface area contributed by atoms with Gasteiger partial charge in [0, 0.05) is 42.3 Å². The number of aromatic nitrogens is 2. The summed E-state index contributed by atoms with van der Waals surface area (Å²) in [5.74, 6) is 0.00131. The molecule has 2 fully saturated rings. The lowest BCUT2D eigenvalue weighted by Crippen LogP contribution is -2.33. The molecular formula is C31H39N5OS. The van der Waals surface area contributed by atoms with Crippen molar-refractivity contribution in [3.05, 3.63) is 82.9 Å². The molecule has 1 aliphatic heterocycles. The first-order chi connectivity index (χ1) is 18.5. The maximum Gasteiger partial charge on any atom is 0.226 e. The highest BCUT2D eigenvalue weighted by molar-refractivity contribution is 7.80. The molecule has 3 heterocycles. The number of hydrogen-bond donors (Lipinski definition) is 2. The molecule has 2 aromatic heterocycles. The Hall–Kier alpha value is -3.19. The van der Waals surface area contributed by atoms with Crippen LogP contribution >= 0.6 is 12.2 Å². The van der Waals surface area contributed by atoms with Crippen LogP contribution in [0.3, 0.4) is 0 Å². The van der Waals surface area contributed by atoms with Crippen LogP contribution in [0.2, 0.25) is 0 Å². The highest BCUT2D eigenvalue weighted by Gasteiger charge is 2.41. The van der Waals surface area contributed by atoms with E-state index in [4.69, 9.17) is 12.2 Å². The van der Waals surface area contributed by atoms with Crippen LogP contribution in [0.5, 0.6) is 0 Å². The van der Waals surface area contributed by atoms with Crippen LogP contribution in [0.4, 0.5) is 5.69 Å². The number of benzene rings is 1. The molecule has 0 radical (unpaired) electrons. The number of nitrogens with one attached hydrogen (secondary N) is 2. The fourth-order valence-electron chi connectivity index (χ4n) is 6.37. The Balaban J connectivity index is 1.42. The summed E-state index contributed by atoms with van der Waals surface area (Å²) in [7, 11) is 0. The number of hydrogen-bond acceptors (Lipinski definition) is 3. The van der Waals surface area contributed by atoms with E-state index in [0.29, 0.717) is 24.1 Å². The number of rotatable bonds is 8. The van der Waals surface area contributed by atoms with Gasteiger partial charge in [0.05, 0.1) is 17.8 Å². The summed E-state index contributed by atoms with van der Waals surface area (Å²) in [5, 5.41) is 7.35.